The van der Waals surface area contributed by atoms with Crippen LogP contribution in [0.3, 0.4) is 0 Å². The van der Waals surface area contributed by atoms with E-state index in [1.54, 1.807) is 4.90 Å². The second kappa shape index (κ2) is 5.27. The fourth-order valence-electron chi connectivity index (χ4n) is 1.86. The third kappa shape index (κ3) is 3.38. The van der Waals surface area contributed by atoms with Gasteiger partial charge in [-0.05, 0) is 19.4 Å². The van der Waals surface area contributed by atoms with Gasteiger partial charge >= 0.3 is 0 Å². The number of hydrogen-bond donors (Lipinski definition) is 0. The fourth-order valence-corrected chi connectivity index (χ4v) is 1.86. The van der Waals surface area contributed by atoms with Gasteiger partial charge in [0.1, 0.15) is 6.29 Å². The molecule has 1 fully saturated rings. The molecule has 0 spiro atoms. The maximum Gasteiger partial charge on any atom is 0.251 e. The van der Waals surface area contributed by atoms with E-state index in [1.165, 1.54) is 0 Å². The first-order valence-corrected chi connectivity index (χ1v) is 4.70. The van der Waals surface area contributed by atoms with Gasteiger partial charge in [-0.1, -0.05) is 6.42 Å². The second-order valence-corrected chi connectivity index (χ2v) is 3.44. The summed E-state index contributed by atoms with van der Waals surface area (Å²) in [5.41, 5.74) is 0. The standard InChI is InChI=1S/C9H15F2NO/c10-9(11)7-12-5-2-1-3-8(12)4-6-13/h6,8-9H,1-5,7H2. The van der Waals surface area contributed by atoms with E-state index in [-0.39, 0.29) is 12.6 Å². The highest BCUT2D eigenvalue weighted by atomic mass is 19.3. The first kappa shape index (κ1) is 10.6. The zero-order chi connectivity index (χ0) is 9.68. The summed E-state index contributed by atoms with van der Waals surface area (Å²) in [5.74, 6) is 0. The van der Waals surface area contributed by atoms with Gasteiger partial charge < -0.3 is 4.79 Å². The van der Waals surface area contributed by atoms with Crippen molar-refractivity contribution >= 4 is 6.29 Å². The molecule has 1 heterocycles. The van der Waals surface area contributed by atoms with Crippen LogP contribution in [0.5, 0.6) is 0 Å². The number of alkyl halides is 2. The number of rotatable bonds is 4. The monoisotopic (exact) mass is 191 g/mol. The van der Waals surface area contributed by atoms with Crippen LogP contribution in [0.1, 0.15) is 25.7 Å². The minimum absolute atomic E-state index is 0.0558. The Kier molecular flexibility index (Phi) is 4.28. The molecule has 1 rings (SSSR count). The third-order valence-corrected chi connectivity index (χ3v) is 2.49. The Morgan fingerprint density at radius 3 is 2.85 bits per heavy atom. The maximum absolute atomic E-state index is 12.1. The number of halogens is 2. The van der Waals surface area contributed by atoms with Crippen molar-refractivity contribution in [2.75, 3.05) is 13.1 Å². The van der Waals surface area contributed by atoms with Crippen molar-refractivity contribution in [1.29, 1.82) is 0 Å². The highest BCUT2D eigenvalue weighted by Gasteiger charge is 2.24. The predicted octanol–water partition coefficient (Wildman–Crippen LogP) is 1.70. The number of aldehydes is 1. The molecule has 0 N–H and O–H groups in total. The SMILES string of the molecule is O=CCC1CCCCN1CC(F)F. The van der Waals surface area contributed by atoms with Crippen molar-refractivity contribution in [3.8, 4) is 0 Å². The molecule has 1 unspecified atom stereocenters. The van der Waals surface area contributed by atoms with E-state index < -0.39 is 6.43 Å². The van der Waals surface area contributed by atoms with Crippen LogP contribution in [0.4, 0.5) is 8.78 Å². The van der Waals surface area contributed by atoms with Crippen LogP contribution in [0.25, 0.3) is 0 Å². The Bertz CT molecular complexity index is 164. The van der Waals surface area contributed by atoms with E-state index in [0.717, 1.165) is 25.5 Å². The number of carbonyl (C=O) groups is 1. The van der Waals surface area contributed by atoms with Crippen LogP contribution in [-0.4, -0.2) is 36.7 Å². The zero-order valence-corrected chi connectivity index (χ0v) is 7.59. The smallest absolute Gasteiger partial charge is 0.251 e. The summed E-state index contributed by atoms with van der Waals surface area (Å²) in [5, 5.41) is 0. The molecule has 13 heavy (non-hydrogen) atoms. The predicted molar refractivity (Wildman–Crippen MR) is 45.9 cm³/mol. The van der Waals surface area contributed by atoms with Crippen molar-refractivity contribution in [3.05, 3.63) is 0 Å². The minimum Gasteiger partial charge on any atom is -0.303 e. The number of likely N-dealkylation sites (tertiary alicyclic amines) is 1. The van der Waals surface area contributed by atoms with Gasteiger partial charge in [0, 0.05) is 12.5 Å². The fraction of sp³-hybridized carbons (Fsp3) is 0.889. The van der Waals surface area contributed by atoms with Gasteiger partial charge in [-0.3, -0.25) is 4.90 Å². The molecule has 0 aromatic rings. The molecular weight excluding hydrogens is 176 g/mol. The molecular formula is C9H15F2NO. The van der Waals surface area contributed by atoms with Gasteiger partial charge in [0.25, 0.3) is 6.43 Å². The van der Waals surface area contributed by atoms with Crippen molar-refractivity contribution < 1.29 is 13.6 Å². The van der Waals surface area contributed by atoms with Gasteiger partial charge in [-0.15, -0.1) is 0 Å². The van der Waals surface area contributed by atoms with Gasteiger partial charge in [-0.25, -0.2) is 8.78 Å². The summed E-state index contributed by atoms with van der Waals surface area (Å²) in [6.07, 6.45) is 1.85. The average molecular weight is 191 g/mol. The Morgan fingerprint density at radius 1 is 1.46 bits per heavy atom. The molecule has 2 nitrogen and oxygen atoms in total. The van der Waals surface area contributed by atoms with Gasteiger partial charge in [-0.2, -0.15) is 0 Å². The van der Waals surface area contributed by atoms with Crippen molar-refractivity contribution in [2.24, 2.45) is 0 Å². The van der Waals surface area contributed by atoms with Crippen LogP contribution in [0.2, 0.25) is 0 Å². The Balaban J connectivity index is 2.41. The van der Waals surface area contributed by atoms with E-state index in [2.05, 4.69) is 0 Å². The Hall–Kier alpha value is -0.510. The van der Waals surface area contributed by atoms with E-state index in [0.29, 0.717) is 13.0 Å². The zero-order valence-electron chi connectivity index (χ0n) is 7.59. The van der Waals surface area contributed by atoms with Crippen LogP contribution in [0.15, 0.2) is 0 Å². The summed E-state index contributed by atoms with van der Waals surface area (Å²) in [6.45, 7) is 0.529. The normalized spacial score (nSPS) is 25.0. The number of carbonyl (C=O) groups excluding carboxylic acids is 1. The first-order chi connectivity index (χ1) is 6.24. The number of hydrogen-bond acceptors (Lipinski definition) is 2. The maximum atomic E-state index is 12.1. The summed E-state index contributed by atoms with van der Waals surface area (Å²) < 4.78 is 24.2. The molecule has 0 aromatic heterocycles. The number of piperidine rings is 1. The van der Waals surface area contributed by atoms with Crippen molar-refractivity contribution in [1.82, 2.24) is 4.90 Å². The largest absolute Gasteiger partial charge is 0.303 e. The van der Waals surface area contributed by atoms with Gasteiger partial charge in [0.15, 0.2) is 0 Å². The molecule has 76 valence electrons. The van der Waals surface area contributed by atoms with E-state index in [4.69, 9.17) is 0 Å². The lowest BCUT2D eigenvalue weighted by atomic mass is 10.00. The van der Waals surface area contributed by atoms with E-state index in [9.17, 15) is 13.6 Å². The highest BCUT2D eigenvalue weighted by molar-refractivity contribution is 5.50. The number of nitrogens with zero attached hydrogens (tertiary/aromatic N) is 1. The summed E-state index contributed by atoms with van der Waals surface area (Å²) in [6, 6.07) is 0.0558. The lowest BCUT2D eigenvalue weighted by Crippen LogP contribution is -2.42. The second-order valence-electron chi connectivity index (χ2n) is 3.44. The first-order valence-electron chi connectivity index (χ1n) is 4.70. The van der Waals surface area contributed by atoms with Crippen LogP contribution in [0, 0.1) is 0 Å². The molecule has 0 aliphatic carbocycles. The lowest BCUT2D eigenvalue weighted by molar-refractivity contribution is -0.109. The van der Waals surface area contributed by atoms with Crippen molar-refractivity contribution in [3.63, 3.8) is 0 Å². The molecule has 1 aliphatic rings. The van der Waals surface area contributed by atoms with E-state index >= 15 is 0 Å². The molecule has 0 saturated carbocycles. The average Bonchev–Trinajstić information content (AvgIpc) is 2.08. The third-order valence-electron chi connectivity index (χ3n) is 2.49. The van der Waals surface area contributed by atoms with E-state index in [1.807, 2.05) is 0 Å². The van der Waals surface area contributed by atoms with Crippen molar-refractivity contribution in [2.45, 2.75) is 38.2 Å². The molecule has 0 aromatic carbocycles. The highest BCUT2D eigenvalue weighted by Crippen LogP contribution is 2.19. The Morgan fingerprint density at radius 2 is 2.23 bits per heavy atom. The lowest BCUT2D eigenvalue weighted by Gasteiger charge is -2.34. The molecule has 0 bridgehead atoms. The summed E-state index contributed by atoms with van der Waals surface area (Å²) in [7, 11) is 0. The molecule has 0 radical (unpaired) electrons. The molecule has 1 atom stereocenters. The summed E-state index contributed by atoms with van der Waals surface area (Å²) in [4.78, 5) is 12.0. The summed E-state index contributed by atoms with van der Waals surface area (Å²) >= 11 is 0. The topological polar surface area (TPSA) is 20.3 Å². The minimum atomic E-state index is -2.28. The molecule has 1 aliphatic heterocycles. The quantitative estimate of drug-likeness (QED) is 0.630. The van der Waals surface area contributed by atoms with Crippen LogP contribution < -0.4 is 0 Å². The Labute approximate surface area is 76.9 Å². The molecule has 0 amide bonds. The van der Waals surface area contributed by atoms with Crippen LogP contribution in [-0.2, 0) is 4.79 Å². The van der Waals surface area contributed by atoms with Gasteiger partial charge in [0.2, 0.25) is 0 Å². The molecule has 1 saturated heterocycles. The molecule has 4 heteroatoms. The van der Waals surface area contributed by atoms with Gasteiger partial charge in [0.05, 0.1) is 6.54 Å². The van der Waals surface area contributed by atoms with Crippen LogP contribution >= 0.6 is 0 Å².